The van der Waals surface area contributed by atoms with Gasteiger partial charge in [0.2, 0.25) is 11.8 Å². The molecule has 2 amide bonds. The third kappa shape index (κ3) is 3.55. The molecule has 2 aromatic carbocycles. The van der Waals surface area contributed by atoms with Crippen LogP contribution >= 0.6 is 11.6 Å². The van der Waals surface area contributed by atoms with Crippen molar-refractivity contribution in [1.82, 2.24) is 4.90 Å². The van der Waals surface area contributed by atoms with Gasteiger partial charge in [-0.1, -0.05) is 60.1 Å². The molecule has 2 aliphatic carbocycles. The second-order valence-electron chi connectivity index (χ2n) is 8.84. The van der Waals surface area contributed by atoms with Crippen molar-refractivity contribution in [2.45, 2.75) is 38.3 Å². The molecule has 0 aromatic heterocycles. The zero-order valence-corrected chi connectivity index (χ0v) is 17.8. The first-order valence-corrected chi connectivity index (χ1v) is 11.2. The number of benzene rings is 2. The number of amides is 2. The van der Waals surface area contributed by atoms with Crippen molar-refractivity contribution in [3.05, 3.63) is 70.7 Å². The molecule has 3 aliphatic rings. The molecule has 3 fully saturated rings. The number of carbonyl (C=O) groups excluding carboxylic acids is 3. The van der Waals surface area contributed by atoms with Crippen LogP contribution in [0.5, 0.6) is 0 Å². The second-order valence-corrected chi connectivity index (χ2v) is 9.24. The fraction of sp³-hybridized carbons (Fsp3) is 0.400. The Morgan fingerprint density at radius 1 is 0.968 bits per heavy atom. The van der Waals surface area contributed by atoms with E-state index in [0.29, 0.717) is 10.6 Å². The van der Waals surface area contributed by atoms with Crippen LogP contribution in [-0.4, -0.2) is 28.7 Å². The number of hydrogen-bond donors (Lipinski definition) is 0. The summed E-state index contributed by atoms with van der Waals surface area (Å²) in [7, 11) is 0. The zero-order chi connectivity index (χ0) is 21.5. The van der Waals surface area contributed by atoms with Crippen LogP contribution in [-0.2, 0) is 32.1 Å². The average Bonchev–Trinajstić information content (AvgIpc) is 3.46. The number of fused-ring (bicyclic) bond motifs is 5. The molecular weight excluding hydrogens is 414 g/mol. The van der Waals surface area contributed by atoms with Crippen molar-refractivity contribution in [2.24, 2.45) is 23.7 Å². The van der Waals surface area contributed by atoms with Gasteiger partial charge >= 0.3 is 5.97 Å². The molecule has 0 N–H and O–H groups in total. The van der Waals surface area contributed by atoms with Crippen molar-refractivity contribution >= 4 is 29.4 Å². The van der Waals surface area contributed by atoms with Crippen LogP contribution in [0.4, 0.5) is 0 Å². The van der Waals surface area contributed by atoms with Crippen LogP contribution in [0.15, 0.2) is 54.6 Å². The van der Waals surface area contributed by atoms with Crippen molar-refractivity contribution in [3.63, 3.8) is 0 Å². The molecule has 5 rings (SSSR count). The maximum atomic E-state index is 13.3. The molecule has 31 heavy (non-hydrogen) atoms. The Kier molecular flexibility index (Phi) is 5.30. The Balaban J connectivity index is 1.40. The summed E-state index contributed by atoms with van der Waals surface area (Å²) in [5.41, 5.74) is 1.56. The highest BCUT2D eigenvalue weighted by atomic mass is 35.5. The van der Waals surface area contributed by atoms with Gasteiger partial charge in [-0.2, -0.15) is 0 Å². The van der Waals surface area contributed by atoms with E-state index in [-0.39, 0.29) is 48.5 Å². The summed E-state index contributed by atoms with van der Waals surface area (Å²) in [6.45, 7) is -0.00186. The minimum absolute atomic E-state index is 0.00186. The van der Waals surface area contributed by atoms with Gasteiger partial charge in [-0.05, 0) is 42.7 Å². The monoisotopic (exact) mass is 437 g/mol. The van der Waals surface area contributed by atoms with Crippen LogP contribution in [0, 0.1) is 23.7 Å². The Morgan fingerprint density at radius 3 is 2.23 bits per heavy atom. The SMILES string of the molecule is O=C(OCc1ccccc1Cl)[C@H](Cc1ccccc1)N1C(=O)[C@@H]2[C@H]3CC[C@@H](C3)[C@H]2C1=O. The maximum Gasteiger partial charge on any atom is 0.330 e. The van der Waals surface area contributed by atoms with E-state index in [1.807, 2.05) is 36.4 Å². The number of likely N-dealkylation sites (tertiary alicyclic amines) is 1. The fourth-order valence-electron chi connectivity index (χ4n) is 5.72. The smallest absolute Gasteiger partial charge is 0.330 e. The van der Waals surface area contributed by atoms with E-state index >= 15 is 0 Å². The Morgan fingerprint density at radius 2 is 1.58 bits per heavy atom. The highest BCUT2D eigenvalue weighted by molar-refractivity contribution is 6.31. The van der Waals surface area contributed by atoms with Gasteiger partial charge < -0.3 is 4.74 Å². The first kappa shape index (κ1) is 20.3. The number of esters is 1. The fourth-order valence-corrected chi connectivity index (χ4v) is 5.91. The van der Waals surface area contributed by atoms with Gasteiger partial charge in [0.05, 0.1) is 11.8 Å². The van der Waals surface area contributed by atoms with E-state index < -0.39 is 12.0 Å². The van der Waals surface area contributed by atoms with Gasteiger partial charge in [0.25, 0.3) is 0 Å². The van der Waals surface area contributed by atoms with Crippen LogP contribution in [0.3, 0.4) is 0 Å². The molecule has 0 radical (unpaired) electrons. The largest absolute Gasteiger partial charge is 0.459 e. The van der Waals surface area contributed by atoms with Crippen molar-refractivity contribution in [2.75, 3.05) is 0 Å². The molecule has 1 heterocycles. The molecule has 2 bridgehead atoms. The van der Waals surface area contributed by atoms with E-state index in [0.717, 1.165) is 24.8 Å². The molecule has 0 spiro atoms. The second kappa shape index (κ2) is 8.12. The van der Waals surface area contributed by atoms with Gasteiger partial charge in [0.1, 0.15) is 12.6 Å². The first-order valence-electron chi connectivity index (χ1n) is 10.9. The summed E-state index contributed by atoms with van der Waals surface area (Å²) in [5, 5.41) is 0.509. The number of carbonyl (C=O) groups is 3. The highest BCUT2D eigenvalue weighted by Crippen LogP contribution is 2.56. The summed E-state index contributed by atoms with van der Waals surface area (Å²) in [4.78, 5) is 41.1. The molecule has 1 saturated heterocycles. The molecule has 6 heteroatoms. The number of imide groups is 1. The lowest BCUT2D eigenvalue weighted by molar-refractivity contribution is -0.160. The molecule has 1 aliphatic heterocycles. The van der Waals surface area contributed by atoms with Crippen LogP contribution in [0.2, 0.25) is 5.02 Å². The topological polar surface area (TPSA) is 63.7 Å². The Labute approximate surface area is 186 Å². The third-order valence-electron chi connectivity index (χ3n) is 7.14. The number of ether oxygens (including phenoxy) is 1. The number of rotatable bonds is 6. The van der Waals surface area contributed by atoms with Gasteiger partial charge in [-0.3, -0.25) is 14.5 Å². The van der Waals surface area contributed by atoms with Gasteiger partial charge in [-0.25, -0.2) is 4.79 Å². The van der Waals surface area contributed by atoms with Crippen LogP contribution in [0.1, 0.15) is 30.4 Å². The van der Waals surface area contributed by atoms with E-state index in [4.69, 9.17) is 16.3 Å². The Bertz CT molecular complexity index is 995. The van der Waals surface area contributed by atoms with E-state index in [2.05, 4.69) is 0 Å². The minimum atomic E-state index is -0.963. The molecule has 0 unspecified atom stereocenters. The maximum absolute atomic E-state index is 13.3. The minimum Gasteiger partial charge on any atom is -0.459 e. The lowest BCUT2D eigenvalue weighted by Crippen LogP contribution is -2.48. The van der Waals surface area contributed by atoms with E-state index in [1.54, 1.807) is 18.2 Å². The first-order chi connectivity index (χ1) is 15.0. The predicted molar refractivity (Wildman–Crippen MR) is 115 cm³/mol. The van der Waals surface area contributed by atoms with Crippen LogP contribution < -0.4 is 0 Å². The summed E-state index contributed by atoms with van der Waals surface area (Å²) >= 11 is 6.18. The van der Waals surface area contributed by atoms with Gasteiger partial charge in [0.15, 0.2) is 0 Å². The zero-order valence-electron chi connectivity index (χ0n) is 17.1. The molecule has 5 atom stereocenters. The summed E-state index contributed by atoms with van der Waals surface area (Å²) in [6.07, 6.45) is 3.20. The quantitative estimate of drug-likeness (QED) is 0.505. The number of nitrogens with zero attached hydrogens (tertiary/aromatic N) is 1. The van der Waals surface area contributed by atoms with Crippen molar-refractivity contribution < 1.29 is 19.1 Å². The third-order valence-corrected chi connectivity index (χ3v) is 7.51. The lowest BCUT2D eigenvalue weighted by Gasteiger charge is -2.26. The molecule has 160 valence electrons. The lowest BCUT2D eigenvalue weighted by atomic mass is 9.81. The summed E-state index contributed by atoms with van der Waals surface area (Å²) in [5.74, 6) is -0.948. The Hall–Kier alpha value is -2.66. The van der Waals surface area contributed by atoms with Crippen LogP contribution in [0.25, 0.3) is 0 Å². The van der Waals surface area contributed by atoms with Crippen molar-refractivity contribution in [3.8, 4) is 0 Å². The number of hydrogen-bond acceptors (Lipinski definition) is 4. The van der Waals surface area contributed by atoms with Gasteiger partial charge in [0, 0.05) is 17.0 Å². The average molecular weight is 438 g/mol. The number of halogens is 1. The molecule has 5 nitrogen and oxygen atoms in total. The normalized spacial score (nSPS) is 27.5. The van der Waals surface area contributed by atoms with E-state index in [9.17, 15) is 14.4 Å². The summed E-state index contributed by atoms with van der Waals surface area (Å²) in [6, 6.07) is 15.6. The molecule has 2 aromatic rings. The highest BCUT2D eigenvalue weighted by Gasteiger charge is 2.62. The standard InChI is InChI=1S/C25H24ClNO4/c26-19-9-5-4-8-18(19)14-31-25(30)20(12-15-6-2-1-3-7-15)27-23(28)21-16-10-11-17(13-16)22(21)24(27)29/h1-9,16-17,20-22H,10-14H2/t16-,17-,20-,21+,22+/m0/s1. The predicted octanol–water partition coefficient (Wildman–Crippen LogP) is 4.03. The molecule has 2 saturated carbocycles. The van der Waals surface area contributed by atoms with Crippen molar-refractivity contribution in [1.29, 1.82) is 0 Å². The summed E-state index contributed by atoms with van der Waals surface area (Å²) < 4.78 is 5.57. The molecular formula is C25H24ClNO4. The van der Waals surface area contributed by atoms with Gasteiger partial charge in [-0.15, -0.1) is 0 Å². The van der Waals surface area contributed by atoms with E-state index in [1.165, 1.54) is 4.90 Å².